The molecule has 0 aromatic carbocycles. The van der Waals surface area contributed by atoms with Gasteiger partial charge in [-0.1, -0.05) is 6.92 Å². The third-order valence-corrected chi connectivity index (χ3v) is 3.69. The summed E-state index contributed by atoms with van der Waals surface area (Å²) in [6.07, 6.45) is 0.922. The average Bonchev–Trinajstić information content (AvgIpc) is 2.60. The monoisotopic (exact) mass is 272 g/mol. The Balaban J connectivity index is 2.34. The Kier molecular flexibility index (Phi) is 3.73. The molecule has 1 unspecified atom stereocenters. The average molecular weight is 273 g/mol. The van der Waals surface area contributed by atoms with Crippen LogP contribution in [0.15, 0.2) is 15.9 Å². The number of thioether (sulfide) groups is 1. The lowest BCUT2D eigenvalue weighted by atomic mass is 10.4. The Hall–Kier alpha value is -1.01. The van der Waals surface area contributed by atoms with Crippen LogP contribution in [0, 0.1) is 6.92 Å². The summed E-state index contributed by atoms with van der Waals surface area (Å²) in [5.41, 5.74) is 0.346. The van der Waals surface area contributed by atoms with E-state index in [1.807, 2.05) is 0 Å². The van der Waals surface area contributed by atoms with E-state index in [1.165, 1.54) is 4.40 Å². The molecular weight excluding hydrogens is 260 g/mol. The first-order valence-corrected chi connectivity index (χ1v) is 6.70. The van der Waals surface area contributed by atoms with Gasteiger partial charge in [0.15, 0.2) is 5.65 Å². The SMILES string of the molecule is Cc1nc(SC(C)CCCl)cc2n[nH]c(=O)n12. The summed E-state index contributed by atoms with van der Waals surface area (Å²) in [7, 11) is 0. The third-order valence-electron chi connectivity index (χ3n) is 2.38. The molecule has 2 aromatic heterocycles. The normalized spacial score (nSPS) is 13.1. The van der Waals surface area contributed by atoms with E-state index < -0.39 is 0 Å². The van der Waals surface area contributed by atoms with Crippen molar-refractivity contribution in [3.63, 3.8) is 0 Å². The maximum atomic E-state index is 11.4. The number of aromatic amines is 1. The molecule has 2 rings (SSSR count). The Morgan fingerprint density at radius 1 is 1.65 bits per heavy atom. The molecule has 7 heteroatoms. The Morgan fingerprint density at radius 3 is 3.12 bits per heavy atom. The van der Waals surface area contributed by atoms with Crippen LogP contribution in [0.2, 0.25) is 0 Å². The van der Waals surface area contributed by atoms with Gasteiger partial charge in [0.1, 0.15) is 10.9 Å². The number of nitrogens with zero attached hydrogens (tertiary/aromatic N) is 3. The maximum absolute atomic E-state index is 11.4. The molecule has 0 amide bonds. The quantitative estimate of drug-likeness (QED) is 0.524. The van der Waals surface area contributed by atoms with Crippen molar-refractivity contribution in [2.24, 2.45) is 0 Å². The van der Waals surface area contributed by atoms with Crippen molar-refractivity contribution in [1.82, 2.24) is 19.6 Å². The Labute approximate surface area is 108 Å². The van der Waals surface area contributed by atoms with Crippen molar-refractivity contribution in [2.45, 2.75) is 30.5 Å². The zero-order valence-electron chi connectivity index (χ0n) is 9.61. The van der Waals surface area contributed by atoms with E-state index in [-0.39, 0.29) is 5.69 Å². The van der Waals surface area contributed by atoms with Gasteiger partial charge < -0.3 is 0 Å². The van der Waals surface area contributed by atoms with Crippen LogP contribution in [0.1, 0.15) is 19.2 Å². The minimum atomic E-state index is -0.254. The molecule has 2 heterocycles. The first-order chi connectivity index (χ1) is 8.11. The lowest BCUT2D eigenvalue weighted by molar-refractivity contribution is 0.878. The molecule has 0 aliphatic heterocycles. The zero-order valence-corrected chi connectivity index (χ0v) is 11.2. The number of fused-ring (bicyclic) bond motifs is 1. The summed E-state index contributed by atoms with van der Waals surface area (Å²) in [6, 6.07) is 1.81. The van der Waals surface area contributed by atoms with Crippen molar-refractivity contribution in [2.75, 3.05) is 5.88 Å². The second-order valence-corrected chi connectivity index (χ2v) is 5.61. The molecule has 0 bridgehead atoms. The molecule has 0 radical (unpaired) electrons. The highest BCUT2D eigenvalue weighted by molar-refractivity contribution is 7.99. The molecule has 0 aliphatic rings. The number of aryl methyl sites for hydroxylation is 1. The highest BCUT2D eigenvalue weighted by atomic mass is 35.5. The first kappa shape index (κ1) is 12.4. The van der Waals surface area contributed by atoms with E-state index in [2.05, 4.69) is 22.1 Å². The van der Waals surface area contributed by atoms with E-state index in [9.17, 15) is 4.79 Å². The molecular formula is C10H13ClN4OS. The van der Waals surface area contributed by atoms with Crippen LogP contribution in [0.5, 0.6) is 0 Å². The lowest BCUT2D eigenvalue weighted by Gasteiger charge is -2.09. The molecule has 1 atom stereocenters. The number of halogens is 1. The second-order valence-electron chi connectivity index (χ2n) is 3.77. The molecule has 0 spiro atoms. The van der Waals surface area contributed by atoms with Gasteiger partial charge in [-0.15, -0.1) is 23.4 Å². The molecule has 92 valence electrons. The van der Waals surface area contributed by atoms with Crippen molar-refractivity contribution >= 4 is 29.0 Å². The van der Waals surface area contributed by atoms with Crippen LogP contribution in [-0.4, -0.2) is 30.7 Å². The summed E-state index contributed by atoms with van der Waals surface area (Å²) in [6.45, 7) is 3.89. The third kappa shape index (κ3) is 2.63. The van der Waals surface area contributed by atoms with Gasteiger partial charge in [0.25, 0.3) is 0 Å². The molecule has 1 N–H and O–H groups in total. The van der Waals surface area contributed by atoms with E-state index in [4.69, 9.17) is 11.6 Å². The summed E-state index contributed by atoms with van der Waals surface area (Å²) in [4.78, 5) is 15.8. The van der Waals surface area contributed by atoms with Gasteiger partial charge in [-0.3, -0.25) is 0 Å². The number of nitrogens with one attached hydrogen (secondary N) is 1. The number of hydrogen-bond acceptors (Lipinski definition) is 4. The first-order valence-electron chi connectivity index (χ1n) is 5.29. The van der Waals surface area contributed by atoms with Gasteiger partial charge >= 0.3 is 5.69 Å². The van der Waals surface area contributed by atoms with Crippen molar-refractivity contribution in [3.05, 3.63) is 22.4 Å². The fourth-order valence-corrected chi connectivity index (χ4v) is 3.01. The van der Waals surface area contributed by atoms with Gasteiger partial charge in [-0.25, -0.2) is 19.3 Å². The second kappa shape index (κ2) is 5.10. The fourth-order valence-electron chi connectivity index (χ4n) is 1.55. The van der Waals surface area contributed by atoms with Gasteiger partial charge in [-0.05, 0) is 13.3 Å². The molecule has 0 saturated heterocycles. The molecule has 17 heavy (non-hydrogen) atoms. The van der Waals surface area contributed by atoms with Gasteiger partial charge in [0.2, 0.25) is 0 Å². The van der Waals surface area contributed by atoms with Crippen LogP contribution in [-0.2, 0) is 0 Å². The number of hydrogen-bond donors (Lipinski definition) is 1. The molecule has 5 nitrogen and oxygen atoms in total. The number of rotatable bonds is 4. The summed E-state index contributed by atoms with van der Waals surface area (Å²) >= 11 is 7.34. The van der Waals surface area contributed by atoms with Crippen molar-refractivity contribution in [1.29, 1.82) is 0 Å². The van der Waals surface area contributed by atoms with E-state index in [1.54, 1.807) is 24.8 Å². The van der Waals surface area contributed by atoms with Gasteiger partial charge in [-0.2, -0.15) is 5.10 Å². The van der Waals surface area contributed by atoms with Gasteiger partial charge in [0.05, 0.1) is 0 Å². The zero-order chi connectivity index (χ0) is 12.4. The van der Waals surface area contributed by atoms with Gasteiger partial charge in [0, 0.05) is 17.2 Å². The predicted molar refractivity (Wildman–Crippen MR) is 69.0 cm³/mol. The van der Waals surface area contributed by atoms with Crippen molar-refractivity contribution < 1.29 is 0 Å². The fraction of sp³-hybridized carbons (Fsp3) is 0.500. The van der Waals surface area contributed by atoms with Crippen LogP contribution in [0.25, 0.3) is 5.65 Å². The van der Waals surface area contributed by atoms with Crippen LogP contribution in [0.3, 0.4) is 0 Å². The van der Waals surface area contributed by atoms with E-state index in [0.717, 1.165) is 11.4 Å². The van der Waals surface area contributed by atoms with E-state index in [0.29, 0.717) is 22.6 Å². The number of aromatic nitrogens is 4. The molecule has 0 fully saturated rings. The highest BCUT2D eigenvalue weighted by Crippen LogP contribution is 2.24. The smallest absolute Gasteiger partial charge is 0.246 e. The minimum absolute atomic E-state index is 0.254. The van der Waals surface area contributed by atoms with Crippen LogP contribution in [0.4, 0.5) is 0 Å². The Morgan fingerprint density at radius 2 is 2.41 bits per heavy atom. The standard InChI is InChI=1S/C10H13ClN4OS/c1-6(3-4-11)17-9-5-8-13-14-10(16)15(8)7(2)12-9/h5-6H,3-4H2,1-2H3,(H,14,16). The largest absolute Gasteiger partial charge is 0.349 e. The van der Waals surface area contributed by atoms with Crippen LogP contribution >= 0.6 is 23.4 Å². The minimum Gasteiger partial charge on any atom is -0.246 e. The Bertz CT molecular complexity index is 579. The van der Waals surface area contributed by atoms with Crippen LogP contribution < -0.4 is 5.69 Å². The van der Waals surface area contributed by atoms with Crippen molar-refractivity contribution in [3.8, 4) is 0 Å². The maximum Gasteiger partial charge on any atom is 0.349 e. The lowest BCUT2D eigenvalue weighted by Crippen LogP contribution is -2.13. The number of H-pyrrole nitrogens is 1. The van der Waals surface area contributed by atoms with E-state index >= 15 is 0 Å². The molecule has 0 aliphatic carbocycles. The summed E-state index contributed by atoms with van der Waals surface area (Å²) in [5, 5.41) is 7.61. The highest BCUT2D eigenvalue weighted by Gasteiger charge is 2.10. The number of alkyl halides is 1. The topological polar surface area (TPSA) is 63.0 Å². The molecule has 0 saturated carbocycles. The molecule has 2 aromatic rings. The predicted octanol–water partition coefficient (Wildman–Crippen LogP) is 1.84. The summed E-state index contributed by atoms with van der Waals surface area (Å²) in [5.74, 6) is 1.28. The summed E-state index contributed by atoms with van der Waals surface area (Å²) < 4.78 is 1.45.